The molecule has 0 aliphatic heterocycles. The molecule has 0 heterocycles. The predicted molar refractivity (Wildman–Crippen MR) is 114 cm³/mol. The summed E-state index contributed by atoms with van der Waals surface area (Å²) < 4.78 is 5.73. The quantitative estimate of drug-likeness (QED) is 0.536. The molecule has 1 amide bonds. The average Bonchev–Trinajstić information content (AvgIpc) is 2.70. The lowest BCUT2D eigenvalue weighted by molar-refractivity contribution is -0.0678. The molecule has 0 aromatic heterocycles. The lowest BCUT2D eigenvalue weighted by atomic mass is 9.49. The van der Waals surface area contributed by atoms with Gasteiger partial charge in [0.1, 0.15) is 6.61 Å². The number of benzene rings is 1. The summed E-state index contributed by atoms with van der Waals surface area (Å²) in [6, 6.07) is 9.96. The molecular formula is C25H37NO3. The Morgan fingerprint density at radius 1 is 0.966 bits per heavy atom. The molecule has 160 valence electrons. The van der Waals surface area contributed by atoms with E-state index in [4.69, 9.17) is 9.84 Å². The summed E-state index contributed by atoms with van der Waals surface area (Å²) in [5.74, 6) is 2.69. The van der Waals surface area contributed by atoms with Gasteiger partial charge in [-0.2, -0.15) is 0 Å². The van der Waals surface area contributed by atoms with E-state index < -0.39 is 0 Å². The van der Waals surface area contributed by atoms with E-state index in [1.807, 2.05) is 35.2 Å². The Kier molecular flexibility index (Phi) is 6.79. The SMILES string of the molecule is O=C(OCc1ccccc1)N(CCCCCCO)CC12CC3CC(CC(C3)C1)C2. The summed E-state index contributed by atoms with van der Waals surface area (Å²) in [4.78, 5) is 15.0. The largest absolute Gasteiger partial charge is 0.445 e. The van der Waals surface area contributed by atoms with E-state index in [-0.39, 0.29) is 12.7 Å². The van der Waals surface area contributed by atoms with Crippen LogP contribution < -0.4 is 0 Å². The maximum absolute atomic E-state index is 13.0. The van der Waals surface area contributed by atoms with Gasteiger partial charge in [-0.3, -0.25) is 0 Å². The monoisotopic (exact) mass is 399 g/mol. The summed E-state index contributed by atoms with van der Waals surface area (Å²) in [7, 11) is 0. The van der Waals surface area contributed by atoms with Gasteiger partial charge in [0.05, 0.1) is 0 Å². The number of aliphatic hydroxyl groups excluding tert-OH is 1. The lowest BCUT2D eigenvalue weighted by Crippen LogP contribution is -2.52. The third kappa shape index (κ3) is 5.33. The Labute approximate surface area is 175 Å². The van der Waals surface area contributed by atoms with Crippen molar-refractivity contribution in [3.8, 4) is 0 Å². The van der Waals surface area contributed by atoms with Crippen LogP contribution in [0.4, 0.5) is 4.79 Å². The number of rotatable bonds is 10. The minimum atomic E-state index is -0.147. The second-order valence-electron chi connectivity index (χ2n) is 10.0. The Bertz CT molecular complexity index is 624. The van der Waals surface area contributed by atoms with Crippen molar-refractivity contribution in [1.29, 1.82) is 0 Å². The standard InChI is InChI=1S/C25H37NO3/c27-11-7-2-1-6-10-26(24(28)29-18-20-8-4-3-5-9-20)19-25-15-21-12-22(16-25)14-23(13-21)17-25/h3-5,8-9,21-23,27H,1-2,6-7,10-19H2. The number of carbonyl (C=O) groups excluding carboxylic acids is 1. The summed E-state index contributed by atoms with van der Waals surface area (Å²) in [5.41, 5.74) is 1.38. The molecule has 4 nitrogen and oxygen atoms in total. The van der Waals surface area contributed by atoms with Gasteiger partial charge in [0, 0.05) is 19.7 Å². The van der Waals surface area contributed by atoms with Crippen LogP contribution in [0.15, 0.2) is 30.3 Å². The third-order valence-corrected chi connectivity index (χ3v) is 7.49. The smallest absolute Gasteiger partial charge is 0.410 e. The fourth-order valence-electron chi connectivity index (χ4n) is 6.70. The van der Waals surface area contributed by atoms with Gasteiger partial charge in [0.2, 0.25) is 0 Å². The second kappa shape index (κ2) is 9.51. The molecule has 0 unspecified atom stereocenters. The van der Waals surface area contributed by atoms with Crippen molar-refractivity contribution >= 4 is 6.09 Å². The highest BCUT2D eigenvalue weighted by Gasteiger charge is 2.51. The zero-order chi connectivity index (χ0) is 20.1. The number of nitrogens with zero attached hydrogens (tertiary/aromatic N) is 1. The first-order valence-electron chi connectivity index (χ1n) is 11.7. The van der Waals surface area contributed by atoms with Crippen LogP contribution in [0.1, 0.15) is 69.8 Å². The summed E-state index contributed by atoms with van der Waals surface area (Å²) in [6.45, 7) is 2.27. The van der Waals surface area contributed by atoms with Crippen LogP contribution in [0.2, 0.25) is 0 Å². The molecule has 0 atom stereocenters. The minimum absolute atomic E-state index is 0.147. The van der Waals surface area contributed by atoms with Crippen LogP contribution in [0.3, 0.4) is 0 Å². The molecule has 5 rings (SSSR count). The van der Waals surface area contributed by atoms with Crippen molar-refractivity contribution in [3.63, 3.8) is 0 Å². The summed E-state index contributed by atoms with van der Waals surface area (Å²) in [6.07, 6.45) is 12.0. The first-order chi connectivity index (χ1) is 14.2. The highest BCUT2D eigenvalue weighted by atomic mass is 16.6. The van der Waals surface area contributed by atoms with Crippen molar-refractivity contribution in [2.45, 2.75) is 70.8 Å². The van der Waals surface area contributed by atoms with E-state index >= 15 is 0 Å². The topological polar surface area (TPSA) is 49.8 Å². The highest BCUT2D eigenvalue weighted by molar-refractivity contribution is 5.67. The fourth-order valence-corrected chi connectivity index (χ4v) is 6.70. The molecule has 4 aliphatic rings. The molecule has 4 heteroatoms. The number of ether oxygens (including phenoxy) is 1. The number of hydrogen-bond acceptors (Lipinski definition) is 3. The second-order valence-corrected chi connectivity index (χ2v) is 10.0. The van der Waals surface area contributed by atoms with E-state index in [0.717, 1.165) is 62.1 Å². The van der Waals surface area contributed by atoms with Crippen LogP contribution >= 0.6 is 0 Å². The average molecular weight is 400 g/mol. The van der Waals surface area contributed by atoms with Crippen molar-refractivity contribution in [2.24, 2.45) is 23.2 Å². The molecule has 29 heavy (non-hydrogen) atoms. The van der Waals surface area contributed by atoms with Crippen LogP contribution in [0.25, 0.3) is 0 Å². The van der Waals surface area contributed by atoms with Gasteiger partial charge in [-0.15, -0.1) is 0 Å². The van der Waals surface area contributed by atoms with Crippen molar-refractivity contribution in [2.75, 3.05) is 19.7 Å². The van der Waals surface area contributed by atoms with Crippen LogP contribution in [0.5, 0.6) is 0 Å². The van der Waals surface area contributed by atoms with Crippen molar-refractivity contribution < 1.29 is 14.6 Å². The molecular weight excluding hydrogens is 362 g/mol. The summed E-state index contributed by atoms with van der Waals surface area (Å²) >= 11 is 0. The number of amides is 1. The summed E-state index contributed by atoms with van der Waals surface area (Å²) in [5, 5.41) is 9.00. The van der Waals surface area contributed by atoms with Gasteiger partial charge >= 0.3 is 6.09 Å². The minimum Gasteiger partial charge on any atom is -0.445 e. The lowest BCUT2D eigenvalue weighted by Gasteiger charge is -2.57. The van der Waals surface area contributed by atoms with Gasteiger partial charge in [0.25, 0.3) is 0 Å². The van der Waals surface area contributed by atoms with Gasteiger partial charge in [-0.05, 0) is 80.1 Å². The van der Waals surface area contributed by atoms with Crippen LogP contribution in [-0.4, -0.2) is 35.8 Å². The zero-order valence-electron chi connectivity index (χ0n) is 17.7. The van der Waals surface area contributed by atoms with E-state index in [9.17, 15) is 4.79 Å². The van der Waals surface area contributed by atoms with Crippen molar-refractivity contribution in [3.05, 3.63) is 35.9 Å². The van der Waals surface area contributed by atoms with Crippen LogP contribution in [-0.2, 0) is 11.3 Å². The number of carbonyl (C=O) groups is 1. The normalized spacial score (nSPS) is 29.8. The maximum atomic E-state index is 13.0. The molecule has 0 saturated heterocycles. The Balaban J connectivity index is 1.37. The van der Waals surface area contributed by atoms with E-state index in [2.05, 4.69) is 0 Å². The van der Waals surface area contributed by atoms with E-state index in [1.165, 1.54) is 38.5 Å². The highest BCUT2D eigenvalue weighted by Crippen LogP contribution is 2.60. The maximum Gasteiger partial charge on any atom is 0.410 e. The van der Waals surface area contributed by atoms with E-state index in [1.54, 1.807) is 0 Å². The van der Waals surface area contributed by atoms with Gasteiger partial charge in [-0.1, -0.05) is 43.2 Å². The molecule has 4 saturated carbocycles. The van der Waals surface area contributed by atoms with Crippen molar-refractivity contribution in [1.82, 2.24) is 4.90 Å². The molecule has 1 N–H and O–H groups in total. The molecule has 1 aromatic carbocycles. The Morgan fingerprint density at radius 2 is 1.59 bits per heavy atom. The number of hydrogen-bond donors (Lipinski definition) is 1. The molecule has 1 aromatic rings. The van der Waals surface area contributed by atoms with E-state index in [0.29, 0.717) is 12.0 Å². The predicted octanol–water partition coefficient (Wildman–Crippen LogP) is 5.39. The molecule has 4 bridgehead atoms. The molecule has 4 fully saturated rings. The first-order valence-corrected chi connectivity index (χ1v) is 11.7. The number of aliphatic hydroxyl groups is 1. The molecule has 0 spiro atoms. The molecule has 0 radical (unpaired) electrons. The zero-order valence-corrected chi connectivity index (χ0v) is 17.7. The Hall–Kier alpha value is -1.55. The first kappa shape index (κ1) is 20.7. The fraction of sp³-hybridized carbons (Fsp3) is 0.720. The van der Waals surface area contributed by atoms with Crippen LogP contribution in [0, 0.1) is 23.2 Å². The third-order valence-electron chi connectivity index (χ3n) is 7.49. The van der Waals surface area contributed by atoms with Gasteiger partial charge in [-0.25, -0.2) is 4.79 Å². The molecule has 4 aliphatic carbocycles. The van der Waals surface area contributed by atoms with Gasteiger partial charge < -0.3 is 14.7 Å². The Morgan fingerprint density at radius 3 is 2.21 bits per heavy atom. The van der Waals surface area contributed by atoms with Gasteiger partial charge in [0.15, 0.2) is 0 Å². The number of unbranched alkanes of at least 4 members (excludes halogenated alkanes) is 3.